The summed E-state index contributed by atoms with van der Waals surface area (Å²) >= 11 is 6.59. The van der Waals surface area contributed by atoms with Gasteiger partial charge in [0.05, 0.1) is 9.04 Å². The average molecular weight is 360 g/mol. The highest BCUT2D eigenvalue weighted by molar-refractivity contribution is 9.11. The molecule has 2 rings (SSSR count). The predicted molar refractivity (Wildman–Crippen MR) is 83.9 cm³/mol. The summed E-state index contributed by atoms with van der Waals surface area (Å²) in [5.41, 5.74) is 6.63. The van der Waals surface area contributed by atoms with Crippen molar-refractivity contribution in [2.24, 2.45) is 5.73 Å². The highest BCUT2D eigenvalue weighted by atomic mass is 79.9. The van der Waals surface area contributed by atoms with Crippen molar-refractivity contribution >= 4 is 39.0 Å². The molecule has 2 unspecified atom stereocenters. The van der Waals surface area contributed by atoms with Crippen LogP contribution in [0.15, 0.2) is 31.9 Å². The van der Waals surface area contributed by atoms with Crippen molar-refractivity contribution < 1.29 is 0 Å². The first-order valence-corrected chi connectivity index (χ1v) is 8.20. The van der Waals surface area contributed by atoms with E-state index in [0.29, 0.717) is 10.9 Å². The van der Waals surface area contributed by atoms with Gasteiger partial charge in [0.2, 0.25) is 0 Å². The number of H-pyrrole nitrogens is 1. The van der Waals surface area contributed by atoms with E-state index in [-0.39, 0.29) is 16.9 Å². The number of nitrogens with one attached hydrogen (secondary N) is 1. The third kappa shape index (κ3) is 3.92. The second-order valence-electron chi connectivity index (χ2n) is 4.23. The molecule has 0 amide bonds. The van der Waals surface area contributed by atoms with E-state index >= 15 is 0 Å². The Morgan fingerprint density at radius 2 is 2.26 bits per heavy atom. The Labute approximate surface area is 128 Å². The van der Waals surface area contributed by atoms with Gasteiger partial charge in [-0.3, -0.25) is 4.79 Å². The van der Waals surface area contributed by atoms with Crippen LogP contribution in [0.25, 0.3) is 0 Å². The van der Waals surface area contributed by atoms with Crippen LogP contribution in [-0.4, -0.2) is 16.0 Å². The van der Waals surface area contributed by atoms with Gasteiger partial charge in [0.25, 0.3) is 5.56 Å². The Hall–Kier alpha value is -0.630. The number of aromatic amines is 1. The van der Waals surface area contributed by atoms with Crippen LogP contribution < -0.4 is 11.3 Å². The molecule has 0 bridgehead atoms. The van der Waals surface area contributed by atoms with Gasteiger partial charge in [-0.1, -0.05) is 11.8 Å². The fraction of sp³-hybridized carbons (Fsp3) is 0.333. The third-order valence-corrected chi connectivity index (χ3v) is 5.65. The van der Waals surface area contributed by atoms with Gasteiger partial charge in [0.15, 0.2) is 5.16 Å². The number of aryl methyl sites for hydroxylation is 1. The first-order valence-electron chi connectivity index (χ1n) is 5.71. The van der Waals surface area contributed by atoms with Gasteiger partial charge < -0.3 is 10.7 Å². The number of halogens is 1. The van der Waals surface area contributed by atoms with Crippen LogP contribution in [0.2, 0.25) is 0 Å². The molecule has 0 radical (unpaired) electrons. The SMILES string of the molecule is Cc1cc(=O)[nH]c(SC(c2ccc(Br)s2)C(C)N)n1. The number of thiophene rings is 1. The van der Waals surface area contributed by atoms with Crippen molar-refractivity contribution in [2.45, 2.75) is 30.3 Å². The molecule has 4 nitrogen and oxygen atoms in total. The fourth-order valence-corrected chi connectivity index (χ4v) is 4.45. The summed E-state index contributed by atoms with van der Waals surface area (Å²) in [6.07, 6.45) is 0. The maximum Gasteiger partial charge on any atom is 0.251 e. The smallest absolute Gasteiger partial charge is 0.251 e. The van der Waals surface area contributed by atoms with Crippen molar-refractivity contribution in [1.29, 1.82) is 0 Å². The van der Waals surface area contributed by atoms with Gasteiger partial charge in [-0.15, -0.1) is 11.3 Å². The van der Waals surface area contributed by atoms with E-state index in [1.807, 2.05) is 26.0 Å². The lowest BCUT2D eigenvalue weighted by atomic mass is 10.2. The molecule has 2 aromatic heterocycles. The molecule has 2 aromatic rings. The van der Waals surface area contributed by atoms with E-state index in [4.69, 9.17) is 5.73 Å². The fourth-order valence-electron chi connectivity index (χ4n) is 1.63. The van der Waals surface area contributed by atoms with E-state index in [1.54, 1.807) is 11.3 Å². The molecule has 0 aliphatic carbocycles. The van der Waals surface area contributed by atoms with Crippen molar-refractivity contribution in [3.05, 3.63) is 42.9 Å². The molecule has 0 saturated carbocycles. The summed E-state index contributed by atoms with van der Waals surface area (Å²) in [7, 11) is 0. The minimum absolute atomic E-state index is 0.0404. The molecule has 0 fully saturated rings. The molecule has 0 aromatic carbocycles. The monoisotopic (exact) mass is 359 g/mol. The van der Waals surface area contributed by atoms with Crippen molar-refractivity contribution in [3.63, 3.8) is 0 Å². The Bertz CT molecular complexity index is 623. The molecular weight excluding hydrogens is 346 g/mol. The Kier molecular flexibility index (Phi) is 4.83. The Balaban J connectivity index is 2.28. The average Bonchev–Trinajstić information content (AvgIpc) is 2.70. The first-order chi connectivity index (χ1) is 8.95. The molecule has 0 spiro atoms. The maximum atomic E-state index is 11.5. The summed E-state index contributed by atoms with van der Waals surface area (Å²) in [4.78, 5) is 19.7. The molecule has 2 heterocycles. The normalized spacial score (nSPS) is 14.3. The quantitative estimate of drug-likeness (QED) is 0.649. The van der Waals surface area contributed by atoms with E-state index in [2.05, 4.69) is 25.9 Å². The maximum absolute atomic E-state index is 11.5. The molecule has 3 N–H and O–H groups in total. The molecule has 0 saturated heterocycles. The molecular formula is C12H14BrN3OS2. The van der Waals surface area contributed by atoms with Gasteiger partial charge in [0, 0.05) is 22.7 Å². The Morgan fingerprint density at radius 1 is 1.53 bits per heavy atom. The zero-order chi connectivity index (χ0) is 14.0. The molecule has 0 aliphatic rings. The van der Waals surface area contributed by atoms with Crippen LogP contribution in [-0.2, 0) is 0 Å². The number of hydrogen-bond acceptors (Lipinski definition) is 5. The lowest BCUT2D eigenvalue weighted by Gasteiger charge is -2.18. The van der Waals surface area contributed by atoms with Crippen LogP contribution in [0.3, 0.4) is 0 Å². The first kappa shape index (κ1) is 14.8. The number of aromatic nitrogens is 2. The molecule has 102 valence electrons. The van der Waals surface area contributed by atoms with Crippen LogP contribution >= 0.6 is 39.0 Å². The summed E-state index contributed by atoms with van der Waals surface area (Å²) in [6, 6.07) is 5.49. The summed E-state index contributed by atoms with van der Waals surface area (Å²) < 4.78 is 1.07. The number of thioether (sulfide) groups is 1. The summed E-state index contributed by atoms with van der Waals surface area (Å²) in [6.45, 7) is 3.76. The number of hydrogen-bond donors (Lipinski definition) is 2. The standard InChI is InChI=1S/C12H14BrN3OS2/c1-6-5-10(17)16-12(15-6)19-11(7(2)14)8-3-4-9(13)18-8/h3-5,7,11H,14H2,1-2H3,(H,15,16,17). The van der Waals surface area contributed by atoms with E-state index in [9.17, 15) is 4.79 Å². The zero-order valence-electron chi connectivity index (χ0n) is 10.5. The van der Waals surface area contributed by atoms with Crippen LogP contribution in [0.5, 0.6) is 0 Å². The number of nitrogens with zero attached hydrogens (tertiary/aromatic N) is 1. The summed E-state index contributed by atoms with van der Waals surface area (Å²) in [5.74, 6) is 0. The zero-order valence-corrected chi connectivity index (χ0v) is 13.7. The largest absolute Gasteiger partial charge is 0.327 e. The number of nitrogens with two attached hydrogens (primary N) is 1. The lowest BCUT2D eigenvalue weighted by Crippen LogP contribution is -2.22. The molecule has 0 aliphatic heterocycles. The topological polar surface area (TPSA) is 71.8 Å². The van der Waals surface area contributed by atoms with Gasteiger partial charge in [-0.25, -0.2) is 4.98 Å². The highest BCUT2D eigenvalue weighted by Crippen LogP contribution is 2.39. The van der Waals surface area contributed by atoms with E-state index in [0.717, 1.165) is 8.66 Å². The predicted octanol–water partition coefficient (Wildman–Crippen LogP) is 3.08. The second kappa shape index (κ2) is 6.21. The van der Waals surface area contributed by atoms with Gasteiger partial charge in [0.1, 0.15) is 0 Å². The minimum Gasteiger partial charge on any atom is -0.327 e. The van der Waals surface area contributed by atoms with Crippen molar-refractivity contribution in [2.75, 3.05) is 0 Å². The highest BCUT2D eigenvalue weighted by Gasteiger charge is 2.20. The minimum atomic E-state index is -0.134. The summed E-state index contributed by atoms with van der Waals surface area (Å²) in [5, 5.41) is 0.679. The van der Waals surface area contributed by atoms with E-state index in [1.165, 1.54) is 17.8 Å². The van der Waals surface area contributed by atoms with Gasteiger partial charge >= 0.3 is 0 Å². The number of rotatable bonds is 4. The van der Waals surface area contributed by atoms with Crippen LogP contribution in [0, 0.1) is 6.92 Å². The van der Waals surface area contributed by atoms with Crippen LogP contribution in [0.1, 0.15) is 22.7 Å². The van der Waals surface area contributed by atoms with Gasteiger partial charge in [-0.2, -0.15) is 0 Å². The second-order valence-corrected chi connectivity index (χ2v) is 7.86. The van der Waals surface area contributed by atoms with Crippen molar-refractivity contribution in [1.82, 2.24) is 9.97 Å². The lowest BCUT2D eigenvalue weighted by molar-refractivity contribution is 0.725. The van der Waals surface area contributed by atoms with E-state index < -0.39 is 0 Å². The molecule has 7 heteroatoms. The molecule has 2 atom stereocenters. The van der Waals surface area contributed by atoms with Gasteiger partial charge in [-0.05, 0) is 41.9 Å². The van der Waals surface area contributed by atoms with Crippen molar-refractivity contribution in [3.8, 4) is 0 Å². The third-order valence-electron chi connectivity index (χ3n) is 2.44. The molecule has 19 heavy (non-hydrogen) atoms. The van der Waals surface area contributed by atoms with Crippen LogP contribution in [0.4, 0.5) is 0 Å². The Morgan fingerprint density at radius 3 is 2.79 bits per heavy atom.